The molecule has 15 heavy (non-hydrogen) atoms. The summed E-state index contributed by atoms with van der Waals surface area (Å²) in [5.41, 5.74) is 1.92. The van der Waals surface area contributed by atoms with Crippen molar-refractivity contribution >= 4 is 23.0 Å². The number of anilines is 2. The predicted octanol–water partition coefficient (Wildman–Crippen LogP) is 2.87. The fourth-order valence-electron chi connectivity index (χ4n) is 2.51. The molecule has 0 amide bonds. The van der Waals surface area contributed by atoms with Crippen LogP contribution in [-0.4, -0.2) is 19.1 Å². The average Bonchev–Trinajstić information content (AvgIpc) is 2.68. The number of hydrogen-bond donors (Lipinski definition) is 1. The van der Waals surface area contributed by atoms with Gasteiger partial charge in [0.25, 0.3) is 0 Å². The van der Waals surface area contributed by atoms with Gasteiger partial charge in [0.15, 0.2) is 0 Å². The van der Waals surface area contributed by atoms with Crippen LogP contribution in [0.3, 0.4) is 0 Å². The molecule has 1 aromatic rings. The molecule has 2 heterocycles. The molecule has 0 radical (unpaired) electrons. The van der Waals surface area contributed by atoms with Gasteiger partial charge < -0.3 is 10.2 Å². The summed E-state index contributed by atoms with van der Waals surface area (Å²) < 4.78 is 13.3. The summed E-state index contributed by atoms with van der Waals surface area (Å²) in [6.45, 7) is 1.97. The van der Waals surface area contributed by atoms with Crippen molar-refractivity contribution in [2.45, 2.75) is 18.9 Å². The Hall–Kier alpha value is -0.960. The highest BCUT2D eigenvalue weighted by Gasteiger charge is 2.30. The molecule has 0 spiro atoms. The molecule has 1 atom stereocenters. The van der Waals surface area contributed by atoms with E-state index in [2.05, 4.69) is 10.2 Å². The van der Waals surface area contributed by atoms with Crippen LogP contribution >= 0.6 is 11.6 Å². The van der Waals surface area contributed by atoms with Gasteiger partial charge in [-0.3, -0.25) is 0 Å². The van der Waals surface area contributed by atoms with Gasteiger partial charge in [-0.25, -0.2) is 4.39 Å². The molecule has 1 fully saturated rings. The minimum Gasteiger partial charge on any atom is -0.381 e. The highest BCUT2D eigenvalue weighted by atomic mass is 35.5. The van der Waals surface area contributed by atoms with Crippen LogP contribution < -0.4 is 10.2 Å². The lowest BCUT2D eigenvalue weighted by Gasteiger charge is -2.34. The number of nitrogens with zero attached hydrogens (tertiary/aromatic N) is 1. The number of nitrogens with one attached hydrogen (secondary N) is 1. The molecular weight excluding hydrogens is 215 g/mol. The van der Waals surface area contributed by atoms with Crippen LogP contribution in [0.2, 0.25) is 5.02 Å². The Balaban J connectivity index is 2.09. The van der Waals surface area contributed by atoms with Crippen molar-refractivity contribution in [1.82, 2.24) is 0 Å². The Morgan fingerprint density at radius 1 is 1.47 bits per heavy atom. The smallest absolute Gasteiger partial charge is 0.143 e. The zero-order chi connectivity index (χ0) is 10.4. The van der Waals surface area contributed by atoms with Gasteiger partial charge in [0.1, 0.15) is 5.82 Å². The molecular formula is C11H12ClFN2. The molecule has 3 rings (SSSR count). The maximum absolute atomic E-state index is 13.3. The van der Waals surface area contributed by atoms with E-state index in [9.17, 15) is 4.39 Å². The number of benzene rings is 1. The molecule has 1 aromatic carbocycles. The van der Waals surface area contributed by atoms with E-state index in [1.54, 1.807) is 6.07 Å². The van der Waals surface area contributed by atoms with Gasteiger partial charge >= 0.3 is 0 Å². The molecule has 0 aliphatic carbocycles. The van der Waals surface area contributed by atoms with Crippen molar-refractivity contribution in [2.24, 2.45) is 0 Å². The lowest BCUT2D eigenvalue weighted by Crippen LogP contribution is -2.39. The molecule has 2 aliphatic heterocycles. The molecule has 2 nitrogen and oxygen atoms in total. The van der Waals surface area contributed by atoms with E-state index in [0.29, 0.717) is 6.04 Å². The van der Waals surface area contributed by atoms with Crippen molar-refractivity contribution in [1.29, 1.82) is 0 Å². The number of hydrogen-bond acceptors (Lipinski definition) is 2. The summed E-state index contributed by atoms with van der Waals surface area (Å²) >= 11 is 5.81. The Morgan fingerprint density at radius 2 is 2.33 bits per heavy atom. The molecule has 1 saturated heterocycles. The summed E-state index contributed by atoms with van der Waals surface area (Å²) in [6, 6.07) is 3.78. The van der Waals surface area contributed by atoms with Gasteiger partial charge in [-0.2, -0.15) is 0 Å². The fourth-order valence-corrected chi connectivity index (χ4v) is 2.67. The van der Waals surface area contributed by atoms with Crippen LogP contribution in [0.5, 0.6) is 0 Å². The van der Waals surface area contributed by atoms with Crippen molar-refractivity contribution < 1.29 is 4.39 Å². The second-order valence-corrected chi connectivity index (χ2v) is 4.56. The van der Waals surface area contributed by atoms with Gasteiger partial charge in [-0.1, -0.05) is 11.6 Å². The van der Waals surface area contributed by atoms with Gasteiger partial charge in [0.05, 0.1) is 16.4 Å². The molecule has 80 valence electrons. The first-order valence-corrected chi connectivity index (χ1v) is 5.63. The predicted molar refractivity (Wildman–Crippen MR) is 60.3 cm³/mol. The van der Waals surface area contributed by atoms with E-state index in [1.807, 2.05) is 0 Å². The molecule has 0 saturated carbocycles. The normalized spacial score (nSPS) is 23.3. The third-order valence-corrected chi connectivity index (χ3v) is 3.54. The quantitative estimate of drug-likeness (QED) is 0.732. The maximum atomic E-state index is 13.3. The largest absolute Gasteiger partial charge is 0.381 e. The zero-order valence-corrected chi connectivity index (χ0v) is 9.02. The third-order valence-electron chi connectivity index (χ3n) is 3.25. The van der Waals surface area contributed by atoms with Crippen molar-refractivity contribution in [3.63, 3.8) is 0 Å². The topological polar surface area (TPSA) is 15.3 Å². The number of halogens is 2. The second-order valence-electron chi connectivity index (χ2n) is 4.15. The van der Waals surface area contributed by atoms with Gasteiger partial charge in [-0.05, 0) is 18.9 Å². The molecule has 2 aliphatic rings. The van der Waals surface area contributed by atoms with E-state index in [4.69, 9.17) is 11.6 Å². The van der Waals surface area contributed by atoms with Crippen LogP contribution in [0.1, 0.15) is 12.8 Å². The van der Waals surface area contributed by atoms with Gasteiger partial charge in [-0.15, -0.1) is 0 Å². The molecule has 1 unspecified atom stereocenters. The first-order valence-electron chi connectivity index (χ1n) is 5.25. The van der Waals surface area contributed by atoms with Crippen LogP contribution in [0, 0.1) is 5.82 Å². The highest BCUT2D eigenvalue weighted by Crippen LogP contribution is 2.38. The lowest BCUT2D eigenvalue weighted by molar-refractivity contribution is 0.624. The first kappa shape index (κ1) is 9.28. The number of fused-ring (bicyclic) bond motifs is 3. The molecule has 0 bridgehead atoms. The monoisotopic (exact) mass is 226 g/mol. The minimum atomic E-state index is -0.347. The Kier molecular flexibility index (Phi) is 2.02. The molecule has 1 N–H and O–H groups in total. The van der Waals surface area contributed by atoms with Gasteiger partial charge in [0.2, 0.25) is 0 Å². The summed E-state index contributed by atoms with van der Waals surface area (Å²) in [7, 11) is 0. The summed E-state index contributed by atoms with van der Waals surface area (Å²) in [4.78, 5) is 2.33. The summed E-state index contributed by atoms with van der Waals surface area (Å²) in [5, 5.41) is 3.47. The average molecular weight is 227 g/mol. The van der Waals surface area contributed by atoms with Crippen LogP contribution in [0.15, 0.2) is 12.1 Å². The van der Waals surface area contributed by atoms with Crippen molar-refractivity contribution in [2.75, 3.05) is 23.3 Å². The van der Waals surface area contributed by atoms with Crippen LogP contribution in [-0.2, 0) is 0 Å². The highest BCUT2D eigenvalue weighted by molar-refractivity contribution is 6.31. The fraction of sp³-hybridized carbons (Fsp3) is 0.455. The number of rotatable bonds is 0. The zero-order valence-electron chi connectivity index (χ0n) is 8.26. The van der Waals surface area contributed by atoms with E-state index >= 15 is 0 Å². The van der Waals surface area contributed by atoms with E-state index in [0.717, 1.165) is 24.5 Å². The third kappa shape index (κ3) is 1.37. The second kappa shape index (κ2) is 3.27. The Morgan fingerprint density at radius 3 is 3.20 bits per heavy atom. The standard InChI is InChI=1S/C11H12ClFN2/c12-8-4-11-10(5-9(8)13)14-6-7-2-1-3-15(7)11/h4-5,7,14H,1-3,6H2. The molecule has 0 aromatic heterocycles. The SMILES string of the molecule is Fc1cc2c(cc1Cl)N1CCCC1CN2. The lowest BCUT2D eigenvalue weighted by atomic mass is 10.1. The van der Waals surface area contributed by atoms with Gasteiger partial charge in [0, 0.05) is 25.2 Å². The van der Waals surface area contributed by atoms with E-state index in [-0.39, 0.29) is 10.8 Å². The minimum absolute atomic E-state index is 0.211. The van der Waals surface area contributed by atoms with Crippen LogP contribution in [0.4, 0.5) is 15.8 Å². The molecule has 4 heteroatoms. The maximum Gasteiger partial charge on any atom is 0.143 e. The Labute approximate surface area is 93.0 Å². The van der Waals surface area contributed by atoms with Crippen LogP contribution in [0.25, 0.3) is 0 Å². The first-order chi connectivity index (χ1) is 7.25. The summed E-state index contributed by atoms with van der Waals surface area (Å²) in [6.07, 6.45) is 2.42. The van der Waals surface area contributed by atoms with Crippen molar-refractivity contribution in [3.05, 3.63) is 23.0 Å². The summed E-state index contributed by atoms with van der Waals surface area (Å²) in [5.74, 6) is -0.347. The van der Waals surface area contributed by atoms with E-state index in [1.165, 1.54) is 18.9 Å². The van der Waals surface area contributed by atoms with Crippen molar-refractivity contribution in [3.8, 4) is 0 Å². The Bertz CT molecular complexity index is 408. The van der Waals surface area contributed by atoms with E-state index < -0.39 is 0 Å².